The minimum atomic E-state index is -4.45. The zero-order valence-electron chi connectivity index (χ0n) is 13.2. The Morgan fingerprint density at radius 2 is 2.04 bits per heavy atom. The summed E-state index contributed by atoms with van der Waals surface area (Å²) >= 11 is 0.948. The Morgan fingerprint density at radius 3 is 2.68 bits per heavy atom. The average Bonchev–Trinajstić information content (AvgIpc) is 2.92. The number of esters is 1. The number of rotatable bonds is 4. The number of halogens is 3. The predicted octanol–water partition coefficient (Wildman–Crippen LogP) is 3.91. The molecule has 132 valence electrons. The van der Waals surface area contributed by atoms with Crippen LogP contribution in [0.5, 0.6) is 0 Å². The van der Waals surface area contributed by atoms with Crippen LogP contribution in [-0.4, -0.2) is 24.0 Å². The lowest BCUT2D eigenvalue weighted by atomic mass is 10.1. The molecule has 1 N–H and O–H groups in total. The number of nitrogens with one attached hydrogen (secondary N) is 1. The van der Waals surface area contributed by atoms with E-state index in [2.05, 4.69) is 15.0 Å². The molecule has 0 saturated heterocycles. The highest BCUT2D eigenvalue weighted by Crippen LogP contribution is 2.29. The van der Waals surface area contributed by atoms with Gasteiger partial charge in [-0.05, 0) is 30.7 Å². The third-order valence-electron chi connectivity index (χ3n) is 3.04. The molecule has 2 aromatic rings. The molecule has 0 atom stereocenters. The van der Waals surface area contributed by atoms with Crippen LogP contribution >= 0.6 is 11.3 Å². The number of ether oxygens (including phenoxy) is 1. The van der Waals surface area contributed by atoms with E-state index in [4.69, 9.17) is 0 Å². The number of nitrogens with zero attached hydrogens (tertiary/aromatic N) is 1. The highest BCUT2D eigenvalue weighted by atomic mass is 32.1. The van der Waals surface area contributed by atoms with Crippen molar-refractivity contribution in [2.24, 2.45) is 0 Å². The molecule has 1 amide bonds. The Bertz CT molecular complexity index is 828. The van der Waals surface area contributed by atoms with Gasteiger partial charge in [-0.2, -0.15) is 13.2 Å². The van der Waals surface area contributed by atoms with Gasteiger partial charge in [-0.25, -0.2) is 9.78 Å². The number of carbonyl (C=O) groups is 2. The number of aromatic nitrogens is 1. The average molecular weight is 370 g/mol. The van der Waals surface area contributed by atoms with Crippen LogP contribution in [0.4, 0.5) is 18.3 Å². The molecular formula is C16H13F3N2O3S. The lowest BCUT2D eigenvalue weighted by molar-refractivity contribution is -0.137. The Kier molecular flexibility index (Phi) is 5.58. The molecule has 0 saturated carbocycles. The molecule has 2 rings (SSSR count). The number of methoxy groups -OCH3 is 1. The summed E-state index contributed by atoms with van der Waals surface area (Å²) < 4.78 is 42.5. The second-order valence-electron chi connectivity index (χ2n) is 4.87. The molecule has 0 aliphatic carbocycles. The topological polar surface area (TPSA) is 68.3 Å². The molecule has 0 bridgehead atoms. The zero-order valence-corrected chi connectivity index (χ0v) is 14.0. The molecule has 25 heavy (non-hydrogen) atoms. The Morgan fingerprint density at radius 1 is 1.32 bits per heavy atom. The molecule has 0 aliphatic rings. The summed E-state index contributed by atoms with van der Waals surface area (Å²) in [5, 5.41) is 2.64. The lowest BCUT2D eigenvalue weighted by Crippen LogP contribution is -2.07. The first-order valence-electron chi connectivity index (χ1n) is 6.93. The minimum Gasteiger partial charge on any atom is -0.465 e. The monoisotopic (exact) mass is 370 g/mol. The number of hydrogen-bond donors (Lipinski definition) is 1. The quantitative estimate of drug-likeness (QED) is 0.655. The van der Waals surface area contributed by atoms with Gasteiger partial charge < -0.3 is 4.74 Å². The number of anilines is 1. The summed E-state index contributed by atoms with van der Waals surface area (Å²) in [6.45, 7) is 1.59. The highest BCUT2D eigenvalue weighted by Gasteiger charge is 2.30. The van der Waals surface area contributed by atoms with Gasteiger partial charge in [-0.1, -0.05) is 23.5 Å². The predicted molar refractivity (Wildman–Crippen MR) is 87.3 cm³/mol. The molecule has 5 nitrogen and oxygen atoms in total. The molecule has 0 fully saturated rings. The number of thiazole rings is 1. The number of alkyl halides is 3. The first-order chi connectivity index (χ1) is 11.7. The summed E-state index contributed by atoms with van der Waals surface area (Å²) in [7, 11) is 1.23. The van der Waals surface area contributed by atoms with Gasteiger partial charge in [-0.3, -0.25) is 10.1 Å². The largest absolute Gasteiger partial charge is 0.465 e. The molecule has 0 spiro atoms. The number of amides is 1. The van der Waals surface area contributed by atoms with Crippen LogP contribution in [0, 0.1) is 6.92 Å². The lowest BCUT2D eigenvalue weighted by Gasteiger charge is -2.06. The van der Waals surface area contributed by atoms with Crippen LogP contribution in [0.15, 0.2) is 30.3 Å². The molecule has 0 aliphatic heterocycles. The molecular weight excluding hydrogens is 357 g/mol. The van der Waals surface area contributed by atoms with E-state index in [-0.39, 0.29) is 15.6 Å². The fourth-order valence-electron chi connectivity index (χ4n) is 1.87. The third kappa shape index (κ3) is 4.90. The minimum absolute atomic E-state index is 0.191. The summed E-state index contributed by atoms with van der Waals surface area (Å²) in [6, 6.07) is 4.59. The van der Waals surface area contributed by atoms with Crippen LogP contribution in [0.2, 0.25) is 0 Å². The van der Waals surface area contributed by atoms with Gasteiger partial charge in [0.15, 0.2) is 5.13 Å². The standard InChI is InChI=1S/C16H13F3N2O3S/c1-9-13(14(23)24-2)25-15(20-9)21-12(22)7-6-10-4-3-5-11(8-10)16(17,18)19/h3-8H,1-2H3,(H,20,21,22)/b7-6+. The maximum absolute atomic E-state index is 12.6. The highest BCUT2D eigenvalue weighted by molar-refractivity contribution is 7.17. The normalized spacial score (nSPS) is 11.6. The smallest absolute Gasteiger partial charge is 0.416 e. The summed E-state index contributed by atoms with van der Waals surface area (Å²) in [6.07, 6.45) is -2.11. The number of aryl methyl sites for hydroxylation is 1. The van der Waals surface area contributed by atoms with Crippen LogP contribution in [-0.2, 0) is 15.7 Å². The van der Waals surface area contributed by atoms with E-state index in [1.54, 1.807) is 6.92 Å². The van der Waals surface area contributed by atoms with E-state index in [9.17, 15) is 22.8 Å². The molecule has 1 aromatic carbocycles. The Balaban J connectivity index is 2.08. The van der Waals surface area contributed by atoms with Crippen LogP contribution in [0.3, 0.4) is 0 Å². The van der Waals surface area contributed by atoms with Crippen LogP contribution in [0.25, 0.3) is 6.08 Å². The fraction of sp³-hybridized carbons (Fsp3) is 0.188. The summed E-state index contributed by atoms with van der Waals surface area (Å²) in [5.41, 5.74) is -0.155. The van der Waals surface area contributed by atoms with Crippen molar-refractivity contribution >= 4 is 34.4 Å². The van der Waals surface area contributed by atoms with Crippen molar-refractivity contribution in [3.8, 4) is 0 Å². The van der Waals surface area contributed by atoms with Crippen molar-refractivity contribution in [1.82, 2.24) is 4.98 Å². The van der Waals surface area contributed by atoms with Crippen molar-refractivity contribution < 1.29 is 27.5 Å². The van der Waals surface area contributed by atoms with E-state index in [0.717, 1.165) is 29.5 Å². The van der Waals surface area contributed by atoms with Gasteiger partial charge in [0.05, 0.1) is 18.4 Å². The van der Waals surface area contributed by atoms with Crippen molar-refractivity contribution in [3.05, 3.63) is 52.0 Å². The van der Waals surface area contributed by atoms with E-state index in [1.165, 1.54) is 25.3 Å². The van der Waals surface area contributed by atoms with E-state index in [0.29, 0.717) is 5.69 Å². The summed E-state index contributed by atoms with van der Waals surface area (Å²) in [5.74, 6) is -1.14. The van der Waals surface area contributed by atoms with Gasteiger partial charge >= 0.3 is 12.1 Å². The van der Waals surface area contributed by atoms with Crippen molar-refractivity contribution in [2.75, 3.05) is 12.4 Å². The van der Waals surface area contributed by atoms with Gasteiger partial charge in [-0.15, -0.1) is 0 Å². The van der Waals surface area contributed by atoms with Gasteiger partial charge in [0.2, 0.25) is 5.91 Å². The van der Waals surface area contributed by atoms with Gasteiger partial charge in [0, 0.05) is 6.08 Å². The van der Waals surface area contributed by atoms with Crippen molar-refractivity contribution in [3.63, 3.8) is 0 Å². The SMILES string of the molecule is COC(=O)c1sc(NC(=O)/C=C/c2cccc(C(F)(F)F)c2)nc1C. The third-order valence-corrected chi connectivity index (χ3v) is 4.09. The molecule has 0 unspecified atom stereocenters. The second kappa shape index (κ2) is 7.47. The van der Waals surface area contributed by atoms with Crippen molar-refractivity contribution in [2.45, 2.75) is 13.1 Å². The van der Waals surface area contributed by atoms with Crippen LogP contribution < -0.4 is 5.32 Å². The second-order valence-corrected chi connectivity index (χ2v) is 5.87. The van der Waals surface area contributed by atoms with E-state index >= 15 is 0 Å². The fourth-order valence-corrected chi connectivity index (χ4v) is 2.76. The molecule has 0 radical (unpaired) electrons. The van der Waals surface area contributed by atoms with Crippen LogP contribution in [0.1, 0.15) is 26.5 Å². The van der Waals surface area contributed by atoms with Gasteiger partial charge in [0.25, 0.3) is 0 Å². The first-order valence-corrected chi connectivity index (χ1v) is 7.74. The van der Waals surface area contributed by atoms with E-state index in [1.807, 2.05) is 0 Å². The number of hydrogen-bond acceptors (Lipinski definition) is 5. The number of carbonyl (C=O) groups excluding carboxylic acids is 2. The maximum atomic E-state index is 12.6. The molecule has 1 heterocycles. The number of benzene rings is 1. The van der Waals surface area contributed by atoms with Crippen molar-refractivity contribution in [1.29, 1.82) is 0 Å². The first kappa shape index (κ1) is 18.7. The summed E-state index contributed by atoms with van der Waals surface area (Å²) in [4.78, 5) is 27.6. The maximum Gasteiger partial charge on any atom is 0.416 e. The van der Waals surface area contributed by atoms with Gasteiger partial charge in [0.1, 0.15) is 4.88 Å². The molecule has 9 heteroatoms. The Hall–Kier alpha value is -2.68. The molecule has 1 aromatic heterocycles. The Labute approximate surface area is 145 Å². The van der Waals surface area contributed by atoms with E-state index < -0.39 is 23.6 Å². The zero-order chi connectivity index (χ0) is 18.6.